The van der Waals surface area contributed by atoms with Crippen LogP contribution in [0.1, 0.15) is 10.4 Å². The number of ether oxygens (including phenoxy) is 1. The first kappa shape index (κ1) is 10.9. The van der Waals surface area contributed by atoms with E-state index in [1.807, 2.05) is 0 Å². The Bertz CT molecular complexity index is 433. The van der Waals surface area contributed by atoms with Crippen molar-refractivity contribution in [1.29, 1.82) is 0 Å². The van der Waals surface area contributed by atoms with Crippen LogP contribution in [0.3, 0.4) is 0 Å². The number of esters is 1. The van der Waals surface area contributed by atoms with Crippen molar-refractivity contribution in [3.63, 3.8) is 0 Å². The smallest absolute Gasteiger partial charge is 0.340 e. The van der Waals surface area contributed by atoms with Gasteiger partial charge in [-0.15, -0.1) is 0 Å². The van der Waals surface area contributed by atoms with Gasteiger partial charge in [0.15, 0.2) is 0 Å². The molecule has 0 aliphatic carbocycles. The van der Waals surface area contributed by atoms with Gasteiger partial charge in [0.1, 0.15) is 0 Å². The number of carbonyl (C=O) groups excluding carboxylic acids is 1. The minimum atomic E-state index is -1.09. The minimum absolute atomic E-state index is 0.204. The van der Waals surface area contributed by atoms with E-state index in [1.165, 1.54) is 0 Å². The first-order valence-corrected chi connectivity index (χ1v) is 3.79. The van der Waals surface area contributed by atoms with Gasteiger partial charge in [-0.05, 0) is 0 Å². The standard InChI is InChI=1S/C8H7FN2O4/c1-15-8(12)4-2-7(11(13)14)5(9)3-6(4)10/h2-3H,10H2,1H3. The van der Waals surface area contributed by atoms with E-state index in [4.69, 9.17) is 5.73 Å². The number of anilines is 1. The molecule has 0 saturated heterocycles. The van der Waals surface area contributed by atoms with Crippen LogP contribution in [0.15, 0.2) is 12.1 Å². The predicted octanol–water partition coefficient (Wildman–Crippen LogP) is 1.10. The number of carbonyl (C=O) groups is 1. The first-order chi connectivity index (χ1) is 6.97. The zero-order valence-corrected chi connectivity index (χ0v) is 7.69. The molecule has 0 amide bonds. The number of nitro benzene ring substituents is 1. The van der Waals surface area contributed by atoms with E-state index in [-0.39, 0.29) is 11.3 Å². The molecule has 0 heterocycles. The monoisotopic (exact) mass is 214 g/mol. The lowest BCUT2D eigenvalue weighted by Gasteiger charge is -2.03. The van der Waals surface area contributed by atoms with E-state index >= 15 is 0 Å². The molecule has 7 heteroatoms. The zero-order valence-electron chi connectivity index (χ0n) is 7.69. The van der Waals surface area contributed by atoms with Gasteiger partial charge in [0.2, 0.25) is 5.82 Å². The Morgan fingerprint density at radius 1 is 1.60 bits per heavy atom. The maximum atomic E-state index is 13.0. The van der Waals surface area contributed by atoms with Gasteiger partial charge in [-0.3, -0.25) is 10.1 Å². The van der Waals surface area contributed by atoms with E-state index in [0.29, 0.717) is 6.07 Å². The molecule has 1 aromatic rings. The summed E-state index contributed by atoms with van der Waals surface area (Å²) in [4.78, 5) is 20.5. The van der Waals surface area contributed by atoms with Crippen LogP contribution in [0.2, 0.25) is 0 Å². The molecule has 0 spiro atoms. The highest BCUT2D eigenvalue weighted by molar-refractivity contribution is 5.95. The molecule has 6 nitrogen and oxygen atoms in total. The topological polar surface area (TPSA) is 95.5 Å². The number of nitro groups is 1. The van der Waals surface area contributed by atoms with Crippen LogP contribution < -0.4 is 5.73 Å². The number of hydrogen-bond acceptors (Lipinski definition) is 5. The van der Waals surface area contributed by atoms with Gasteiger partial charge in [0.05, 0.1) is 17.6 Å². The van der Waals surface area contributed by atoms with Crippen molar-refractivity contribution in [2.24, 2.45) is 0 Å². The van der Waals surface area contributed by atoms with Crippen LogP contribution in [0.4, 0.5) is 15.8 Å². The van der Waals surface area contributed by atoms with Gasteiger partial charge in [0, 0.05) is 17.8 Å². The van der Waals surface area contributed by atoms with Crippen molar-refractivity contribution >= 4 is 17.3 Å². The third-order valence-electron chi connectivity index (χ3n) is 1.72. The number of nitrogens with two attached hydrogens (primary N) is 1. The summed E-state index contributed by atoms with van der Waals surface area (Å²) in [5, 5.41) is 10.4. The lowest BCUT2D eigenvalue weighted by atomic mass is 10.1. The van der Waals surface area contributed by atoms with Gasteiger partial charge in [-0.2, -0.15) is 4.39 Å². The molecule has 0 saturated carbocycles. The van der Waals surface area contributed by atoms with E-state index in [0.717, 1.165) is 13.2 Å². The number of nitrogens with zero attached hydrogens (tertiary/aromatic N) is 1. The fraction of sp³-hybridized carbons (Fsp3) is 0.125. The molecule has 0 aliphatic heterocycles. The molecule has 0 atom stereocenters. The molecule has 0 radical (unpaired) electrons. The van der Waals surface area contributed by atoms with Crippen LogP contribution in [0.5, 0.6) is 0 Å². The molecule has 0 fully saturated rings. The van der Waals surface area contributed by atoms with Gasteiger partial charge < -0.3 is 10.5 Å². The number of benzene rings is 1. The fourth-order valence-electron chi connectivity index (χ4n) is 1.00. The van der Waals surface area contributed by atoms with Crippen LogP contribution in [-0.2, 0) is 4.74 Å². The van der Waals surface area contributed by atoms with Crippen molar-refractivity contribution in [1.82, 2.24) is 0 Å². The average Bonchev–Trinajstić information content (AvgIpc) is 2.16. The molecule has 0 bridgehead atoms. The predicted molar refractivity (Wildman–Crippen MR) is 48.8 cm³/mol. The maximum Gasteiger partial charge on any atom is 0.340 e. The Morgan fingerprint density at radius 2 is 2.20 bits per heavy atom. The summed E-state index contributed by atoms with van der Waals surface area (Å²) in [5.41, 5.74) is 4.05. The van der Waals surface area contributed by atoms with E-state index in [9.17, 15) is 19.3 Å². The van der Waals surface area contributed by atoms with Crippen molar-refractivity contribution in [3.05, 3.63) is 33.6 Å². The number of hydrogen-bond donors (Lipinski definition) is 1. The van der Waals surface area contributed by atoms with Crippen LogP contribution >= 0.6 is 0 Å². The SMILES string of the molecule is COC(=O)c1cc([N+](=O)[O-])c(F)cc1N. The normalized spacial score (nSPS) is 9.73. The maximum absolute atomic E-state index is 13.0. The van der Waals surface area contributed by atoms with Gasteiger partial charge >= 0.3 is 11.7 Å². The molecule has 0 aliphatic rings. The summed E-state index contributed by atoms with van der Waals surface area (Å²) in [6.07, 6.45) is 0. The fourth-order valence-corrected chi connectivity index (χ4v) is 1.00. The number of methoxy groups -OCH3 is 1. The Labute approximate surface area is 83.6 Å². The average molecular weight is 214 g/mol. The van der Waals surface area contributed by atoms with Crippen LogP contribution in [-0.4, -0.2) is 18.0 Å². The van der Waals surface area contributed by atoms with Gasteiger partial charge in [-0.1, -0.05) is 0 Å². The van der Waals surface area contributed by atoms with Crippen LogP contribution in [0, 0.1) is 15.9 Å². The quantitative estimate of drug-likeness (QED) is 0.344. The molecule has 15 heavy (non-hydrogen) atoms. The van der Waals surface area contributed by atoms with Crippen LogP contribution in [0.25, 0.3) is 0 Å². The first-order valence-electron chi connectivity index (χ1n) is 3.79. The summed E-state index contributed by atoms with van der Waals surface area (Å²) >= 11 is 0. The third-order valence-corrected chi connectivity index (χ3v) is 1.72. The second-order valence-electron chi connectivity index (χ2n) is 2.64. The molecular weight excluding hydrogens is 207 g/mol. The highest BCUT2D eigenvalue weighted by Gasteiger charge is 2.20. The minimum Gasteiger partial charge on any atom is -0.465 e. The number of halogens is 1. The Hall–Kier alpha value is -2.18. The second-order valence-corrected chi connectivity index (χ2v) is 2.64. The lowest BCUT2D eigenvalue weighted by molar-refractivity contribution is -0.387. The molecule has 1 rings (SSSR count). The zero-order chi connectivity index (χ0) is 11.6. The molecule has 0 unspecified atom stereocenters. The summed E-state index contributed by atoms with van der Waals surface area (Å²) in [5.74, 6) is -1.94. The third kappa shape index (κ3) is 2.01. The van der Waals surface area contributed by atoms with E-state index in [1.54, 1.807) is 0 Å². The Kier molecular flexibility index (Phi) is 2.84. The second kappa shape index (κ2) is 3.91. The Balaban J connectivity index is 3.36. The molecule has 1 aromatic carbocycles. The number of nitrogen functional groups attached to an aromatic ring is 1. The largest absolute Gasteiger partial charge is 0.465 e. The van der Waals surface area contributed by atoms with Gasteiger partial charge in [0.25, 0.3) is 0 Å². The molecule has 2 N–H and O–H groups in total. The highest BCUT2D eigenvalue weighted by atomic mass is 19.1. The van der Waals surface area contributed by atoms with Gasteiger partial charge in [-0.25, -0.2) is 4.79 Å². The van der Waals surface area contributed by atoms with Crippen molar-refractivity contribution < 1.29 is 18.8 Å². The summed E-state index contributed by atoms with van der Waals surface area (Å²) in [7, 11) is 1.09. The van der Waals surface area contributed by atoms with E-state index in [2.05, 4.69) is 4.74 Å². The van der Waals surface area contributed by atoms with Crippen molar-refractivity contribution in [2.45, 2.75) is 0 Å². The summed E-state index contributed by atoms with van der Waals surface area (Å²) < 4.78 is 17.3. The molecular formula is C8H7FN2O4. The molecule has 80 valence electrons. The van der Waals surface area contributed by atoms with E-state index < -0.39 is 22.4 Å². The Morgan fingerprint density at radius 3 is 2.67 bits per heavy atom. The van der Waals surface area contributed by atoms with Crippen molar-refractivity contribution in [2.75, 3.05) is 12.8 Å². The highest BCUT2D eigenvalue weighted by Crippen LogP contribution is 2.24. The summed E-state index contributed by atoms with van der Waals surface area (Å²) in [6, 6.07) is 1.46. The lowest BCUT2D eigenvalue weighted by Crippen LogP contribution is -2.07. The summed E-state index contributed by atoms with van der Waals surface area (Å²) in [6.45, 7) is 0. The van der Waals surface area contributed by atoms with Crippen molar-refractivity contribution in [3.8, 4) is 0 Å². The number of rotatable bonds is 2. The molecule has 0 aromatic heterocycles.